The summed E-state index contributed by atoms with van der Waals surface area (Å²) in [6, 6.07) is 13.7. The largest absolute Gasteiger partial charge is 0.351 e. The number of hydrogen-bond acceptors (Lipinski definition) is 5. The van der Waals surface area contributed by atoms with Gasteiger partial charge in [0.2, 0.25) is 21.8 Å². The van der Waals surface area contributed by atoms with Crippen molar-refractivity contribution in [2.45, 2.75) is 29.5 Å². The highest BCUT2D eigenvalue weighted by Gasteiger charge is 2.24. The molecule has 4 N–H and O–H groups in total. The summed E-state index contributed by atoms with van der Waals surface area (Å²) < 4.78 is 22.5. The van der Waals surface area contributed by atoms with Gasteiger partial charge in [-0.3, -0.25) is 9.59 Å². The van der Waals surface area contributed by atoms with Gasteiger partial charge in [0, 0.05) is 12.2 Å². The van der Waals surface area contributed by atoms with Crippen molar-refractivity contribution in [3.05, 3.63) is 59.7 Å². The van der Waals surface area contributed by atoms with E-state index in [0.717, 1.165) is 23.2 Å². The summed E-state index contributed by atoms with van der Waals surface area (Å²) in [5, 5.41) is 10.5. The number of amides is 2. The van der Waals surface area contributed by atoms with Gasteiger partial charge in [-0.15, -0.1) is 11.8 Å². The predicted molar refractivity (Wildman–Crippen MR) is 109 cm³/mol. The molecule has 1 aliphatic heterocycles. The number of rotatable bonds is 6. The van der Waals surface area contributed by atoms with Crippen LogP contribution in [0.15, 0.2) is 53.4 Å². The van der Waals surface area contributed by atoms with Gasteiger partial charge < -0.3 is 10.6 Å². The molecule has 2 aromatic carbocycles. The Bertz CT molecular complexity index is 975. The number of thioether (sulfide) groups is 1. The number of sulfonamides is 1. The van der Waals surface area contributed by atoms with Gasteiger partial charge in [-0.05, 0) is 42.2 Å². The number of carbonyl (C=O) groups excluding carboxylic acids is 2. The monoisotopic (exact) mass is 419 g/mol. The third-order valence-corrected chi connectivity index (χ3v) is 6.61. The first kappa shape index (κ1) is 20.4. The van der Waals surface area contributed by atoms with Gasteiger partial charge in [0.05, 0.1) is 15.9 Å². The highest BCUT2D eigenvalue weighted by atomic mass is 32.2. The molecule has 3 rings (SSSR count). The van der Waals surface area contributed by atoms with Crippen molar-refractivity contribution in [3.8, 4) is 0 Å². The first-order valence-electron chi connectivity index (χ1n) is 8.72. The van der Waals surface area contributed by atoms with E-state index in [1.54, 1.807) is 12.1 Å². The Morgan fingerprint density at radius 2 is 1.89 bits per heavy atom. The molecule has 9 heteroatoms. The van der Waals surface area contributed by atoms with Crippen LogP contribution in [0, 0.1) is 0 Å². The Morgan fingerprint density at radius 3 is 2.61 bits per heavy atom. The summed E-state index contributed by atoms with van der Waals surface area (Å²) in [4.78, 5) is 24.5. The maximum atomic E-state index is 12.4. The van der Waals surface area contributed by atoms with Crippen LogP contribution in [0.2, 0.25) is 0 Å². The van der Waals surface area contributed by atoms with E-state index in [1.807, 2.05) is 24.3 Å². The molecule has 0 fully saturated rings. The van der Waals surface area contributed by atoms with Crippen LogP contribution in [0.4, 0.5) is 5.69 Å². The number of fused-ring (bicyclic) bond motifs is 1. The maximum Gasteiger partial charge on any atom is 0.238 e. The fourth-order valence-electron chi connectivity index (χ4n) is 2.88. The van der Waals surface area contributed by atoms with E-state index in [0.29, 0.717) is 6.42 Å². The lowest BCUT2D eigenvalue weighted by Gasteiger charge is -2.13. The van der Waals surface area contributed by atoms with Crippen LogP contribution in [-0.2, 0) is 32.6 Å². The predicted octanol–water partition coefficient (Wildman–Crippen LogP) is 1.64. The van der Waals surface area contributed by atoms with Gasteiger partial charge in [-0.1, -0.05) is 30.3 Å². The number of para-hydroxylation sites is 1. The Labute approximate surface area is 168 Å². The number of aryl methyl sites for hydroxylation is 1. The molecule has 0 spiro atoms. The number of nitrogens with one attached hydrogen (secondary N) is 2. The highest BCUT2D eigenvalue weighted by molar-refractivity contribution is 8.01. The van der Waals surface area contributed by atoms with E-state index >= 15 is 0 Å². The molecule has 1 heterocycles. The summed E-state index contributed by atoms with van der Waals surface area (Å²) >= 11 is 1.32. The van der Waals surface area contributed by atoms with Crippen LogP contribution < -0.4 is 15.8 Å². The van der Waals surface area contributed by atoms with Gasteiger partial charge in [0.1, 0.15) is 0 Å². The van der Waals surface area contributed by atoms with E-state index in [9.17, 15) is 18.0 Å². The van der Waals surface area contributed by atoms with Crippen molar-refractivity contribution < 1.29 is 18.0 Å². The number of anilines is 1. The van der Waals surface area contributed by atoms with Crippen LogP contribution in [0.5, 0.6) is 0 Å². The van der Waals surface area contributed by atoms with Crippen molar-refractivity contribution in [1.29, 1.82) is 0 Å². The minimum Gasteiger partial charge on any atom is -0.351 e. The fourth-order valence-corrected chi connectivity index (χ4v) is 4.34. The van der Waals surface area contributed by atoms with Crippen molar-refractivity contribution in [3.63, 3.8) is 0 Å². The zero-order valence-corrected chi connectivity index (χ0v) is 16.7. The van der Waals surface area contributed by atoms with E-state index in [2.05, 4.69) is 10.6 Å². The van der Waals surface area contributed by atoms with Gasteiger partial charge in [0.25, 0.3) is 0 Å². The molecular formula is C19H21N3O4S2. The van der Waals surface area contributed by atoms with Gasteiger partial charge >= 0.3 is 0 Å². The average molecular weight is 420 g/mol. The van der Waals surface area contributed by atoms with E-state index in [4.69, 9.17) is 5.14 Å². The van der Waals surface area contributed by atoms with E-state index in [-0.39, 0.29) is 34.3 Å². The van der Waals surface area contributed by atoms with Crippen LogP contribution in [-0.4, -0.2) is 31.2 Å². The smallest absolute Gasteiger partial charge is 0.238 e. The second-order valence-electron chi connectivity index (χ2n) is 6.45. The second-order valence-corrected chi connectivity index (χ2v) is 9.20. The number of benzene rings is 2. The van der Waals surface area contributed by atoms with Crippen LogP contribution in [0.3, 0.4) is 0 Å². The zero-order chi connectivity index (χ0) is 20.1. The molecule has 2 aromatic rings. The fraction of sp³-hybridized carbons (Fsp3) is 0.263. The molecule has 0 unspecified atom stereocenters. The van der Waals surface area contributed by atoms with Crippen LogP contribution in [0.1, 0.15) is 17.5 Å². The van der Waals surface area contributed by atoms with Gasteiger partial charge in [-0.2, -0.15) is 0 Å². The number of nitrogens with two attached hydrogens (primary N) is 1. The first-order chi connectivity index (χ1) is 13.3. The van der Waals surface area contributed by atoms with Gasteiger partial charge in [-0.25, -0.2) is 13.6 Å². The minimum absolute atomic E-state index is 0.0264. The second kappa shape index (κ2) is 8.76. The molecule has 0 saturated carbocycles. The topological polar surface area (TPSA) is 118 Å². The van der Waals surface area contributed by atoms with Crippen molar-refractivity contribution in [1.82, 2.24) is 5.32 Å². The van der Waals surface area contributed by atoms with Crippen molar-refractivity contribution >= 4 is 39.3 Å². The first-order valence-corrected chi connectivity index (χ1v) is 11.3. The Morgan fingerprint density at radius 1 is 1.18 bits per heavy atom. The zero-order valence-electron chi connectivity index (χ0n) is 15.1. The molecule has 1 aliphatic rings. The SMILES string of the molecule is NS(=O)(=O)c1ccc(CNC(=O)CS[C@@H]2CCc3ccccc3NC2=O)cc1. The van der Waals surface area contributed by atoms with E-state index < -0.39 is 10.0 Å². The Hall–Kier alpha value is -2.36. The third-order valence-electron chi connectivity index (χ3n) is 4.40. The standard InChI is InChI=1S/C19H21N3O4S2/c20-28(25,26)15-8-5-13(6-9-15)11-21-18(23)12-27-17-10-7-14-3-1-2-4-16(14)22-19(17)24/h1-6,8-9,17H,7,10-12H2,(H,21,23)(H,22,24)(H2,20,25,26)/t17-/m1/s1. The Kier molecular flexibility index (Phi) is 6.38. The molecule has 148 valence electrons. The highest BCUT2D eigenvalue weighted by Crippen LogP contribution is 2.27. The normalized spacial score (nSPS) is 16.6. The molecule has 7 nitrogen and oxygen atoms in total. The maximum absolute atomic E-state index is 12.4. The molecular weight excluding hydrogens is 398 g/mol. The number of primary sulfonamides is 1. The molecule has 0 radical (unpaired) electrons. The lowest BCUT2D eigenvalue weighted by molar-refractivity contribution is -0.118. The Balaban J connectivity index is 1.47. The molecule has 0 bridgehead atoms. The lowest BCUT2D eigenvalue weighted by atomic mass is 10.1. The van der Waals surface area contributed by atoms with Crippen molar-refractivity contribution in [2.24, 2.45) is 5.14 Å². The minimum atomic E-state index is -3.73. The van der Waals surface area contributed by atoms with E-state index in [1.165, 1.54) is 23.9 Å². The lowest BCUT2D eigenvalue weighted by Crippen LogP contribution is -2.29. The average Bonchev–Trinajstić information content (AvgIpc) is 2.82. The summed E-state index contributed by atoms with van der Waals surface area (Å²) in [5.41, 5.74) is 2.70. The summed E-state index contributed by atoms with van der Waals surface area (Å²) in [6.45, 7) is 0.270. The molecule has 28 heavy (non-hydrogen) atoms. The third kappa shape index (κ3) is 5.34. The molecule has 2 amide bonds. The number of carbonyl (C=O) groups is 2. The van der Waals surface area contributed by atoms with Crippen LogP contribution in [0.25, 0.3) is 0 Å². The summed E-state index contributed by atoms with van der Waals surface area (Å²) in [7, 11) is -3.73. The van der Waals surface area contributed by atoms with Gasteiger partial charge in [0.15, 0.2) is 0 Å². The van der Waals surface area contributed by atoms with Crippen molar-refractivity contribution in [2.75, 3.05) is 11.1 Å². The molecule has 0 aromatic heterocycles. The summed E-state index contributed by atoms with van der Waals surface area (Å²) in [6.07, 6.45) is 1.46. The number of hydrogen-bond donors (Lipinski definition) is 3. The molecule has 1 atom stereocenters. The quantitative estimate of drug-likeness (QED) is 0.658. The molecule has 0 saturated heterocycles. The molecule has 0 aliphatic carbocycles. The van der Waals surface area contributed by atoms with Crippen LogP contribution >= 0.6 is 11.8 Å². The summed E-state index contributed by atoms with van der Waals surface area (Å²) in [5.74, 6) is -0.0969.